The van der Waals surface area contributed by atoms with Gasteiger partial charge < -0.3 is 5.32 Å². The highest BCUT2D eigenvalue weighted by Gasteiger charge is 2.18. The highest BCUT2D eigenvalue weighted by Crippen LogP contribution is 2.20. The fraction of sp³-hybridized carbons (Fsp3) is 0.350. The lowest BCUT2D eigenvalue weighted by Gasteiger charge is -2.27. The van der Waals surface area contributed by atoms with E-state index in [-0.39, 0.29) is 0 Å². The molecule has 1 fully saturated rings. The molecular weight excluding hydrogens is 296 g/mol. The Bertz CT molecular complexity index is 816. The zero-order valence-corrected chi connectivity index (χ0v) is 14.2. The third kappa shape index (κ3) is 3.07. The van der Waals surface area contributed by atoms with E-state index in [0.717, 1.165) is 44.8 Å². The van der Waals surface area contributed by atoms with Crippen molar-refractivity contribution in [3.8, 4) is 0 Å². The summed E-state index contributed by atoms with van der Waals surface area (Å²) in [6.45, 7) is 7.49. The summed E-state index contributed by atoms with van der Waals surface area (Å²) in [6.07, 6.45) is 0.892. The topological polar surface area (TPSA) is 32.6 Å². The van der Waals surface area contributed by atoms with Crippen molar-refractivity contribution in [3.63, 3.8) is 0 Å². The third-order valence-corrected chi connectivity index (χ3v) is 4.81. The molecule has 2 aromatic heterocycles. The lowest BCUT2D eigenvalue weighted by atomic mass is 10.1. The second-order valence-corrected chi connectivity index (χ2v) is 6.55. The van der Waals surface area contributed by atoms with E-state index < -0.39 is 0 Å². The van der Waals surface area contributed by atoms with Crippen molar-refractivity contribution in [1.29, 1.82) is 0 Å². The van der Waals surface area contributed by atoms with Gasteiger partial charge in [-0.3, -0.25) is 9.30 Å². The summed E-state index contributed by atoms with van der Waals surface area (Å²) in [5.41, 5.74) is 6.18. The minimum absolute atomic E-state index is 0.892. The van der Waals surface area contributed by atoms with E-state index >= 15 is 0 Å². The first-order chi connectivity index (χ1) is 11.8. The van der Waals surface area contributed by atoms with Gasteiger partial charge in [0.15, 0.2) is 0 Å². The van der Waals surface area contributed by atoms with Crippen LogP contribution in [0.2, 0.25) is 0 Å². The Morgan fingerprint density at radius 1 is 1.00 bits per heavy atom. The van der Waals surface area contributed by atoms with Gasteiger partial charge in [0.2, 0.25) is 0 Å². The van der Waals surface area contributed by atoms with Gasteiger partial charge in [0, 0.05) is 44.8 Å². The van der Waals surface area contributed by atoms with Gasteiger partial charge in [-0.2, -0.15) is 0 Å². The van der Waals surface area contributed by atoms with Gasteiger partial charge in [0.05, 0.1) is 11.4 Å². The Morgan fingerprint density at radius 2 is 1.79 bits per heavy atom. The number of rotatable bonds is 4. The van der Waals surface area contributed by atoms with Crippen LogP contribution in [0, 0.1) is 6.92 Å². The predicted octanol–water partition coefficient (Wildman–Crippen LogP) is 2.64. The molecule has 0 aliphatic carbocycles. The average molecular weight is 320 g/mol. The van der Waals surface area contributed by atoms with Crippen LogP contribution in [-0.2, 0) is 13.0 Å². The van der Waals surface area contributed by atoms with Crippen LogP contribution in [0.5, 0.6) is 0 Å². The van der Waals surface area contributed by atoms with Crippen LogP contribution >= 0.6 is 0 Å². The minimum Gasteiger partial charge on any atom is -0.314 e. The quantitative estimate of drug-likeness (QED) is 0.802. The maximum atomic E-state index is 4.95. The molecule has 1 N–H and O–H groups in total. The number of benzene rings is 1. The van der Waals surface area contributed by atoms with Crippen molar-refractivity contribution in [2.45, 2.75) is 19.9 Å². The van der Waals surface area contributed by atoms with Crippen molar-refractivity contribution < 1.29 is 0 Å². The second kappa shape index (κ2) is 6.75. The molecule has 1 saturated heterocycles. The van der Waals surface area contributed by atoms with Gasteiger partial charge in [0.25, 0.3) is 0 Å². The molecule has 1 aliphatic heterocycles. The summed E-state index contributed by atoms with van der Waals surface area (Å²) in [6, 6.07) is 17.0. The smallest absolute Gasteiger partial charge is 0.137 e. The molecule has 1 aromatic carbocycles. The summed E-state index contributed by atoms with van der Waals surface area (Å²) < 4.78 is 2.33. The number of pyridine rings is 1. The standard InChI is InChI=1S/C20H24N4/c1-16-6-5-9-20-22-18(14-17-7-3-2-4-8-17)19(24(16)20)15-23-12-10-21-11-13-23/h2-9,21H,10-15H2,1H3. The van der Waals surface area contributed by atoms with E-state index in [2.05, 4.69) is 70.1 Å². The first kappa shape index (κ1) is 15.4. The molecule has 4 rings (SSSR count). The summed E-state index contributed by atoms with van der Waals surface area (Å²) in [4.78, 5) is 7.48. The Hall–Kier alpha value is -2.17. The molecule has 0 amide bonds. The van der Waals surface area contributed by atoms with Crippen LogP contribution in [0.4, 0.5) is 0 Å². The number of aromatic nitrogens is 2. The van der Waals surface area contributed by atoms with Gasteiger partial charge in [-0.15, -0.1) is 0 Å². The number of hydrogen-bond donors (Lipinski definition) is 1. The molecule has 0 atom stereocenters. The Kier molecular flexibility index (Phi) is 4.32. The highest BCUT2D eigenvalue weighted by molar-refractivity contribution is 5.46. The predicted molar refractivity (Wildman–Crippen MR) is 97.3 cm³/mol. The fourth-order valence-electron chi connectivity index (χ4n) is 3.55. The maximum Gasteiger partial charge on any atom is 0.137 e. The van der Waals surface area contributed by atoms with Crippen LogP contribution < -0.4 is 5.32 Å². The number of nitrogens with one attached hydrogen (secondary N) is 1. The zero-order valence-electron chi connectivity index (χ0n) is 14.2. The van der Waals surface area contributed by atoms with E-state index in [0.29, 0.717) is 0 Å². The van der Waals surface area contributed by atoms with Crippen molar-refractivity contribution in [2.75, 3.05) is 26.2 Å². The molecule has 0 radical (unpaired) electrons. The van der Waals surface area contributed by atoms with Crippen molar-refractivity contribution in [1.82, 2.24) is 19.6 Å². The van der Waals surface area contributed by atoms with Gasteiger partial charge in [-0.05, 0) is 24.6 Å². The maximum absolute atomic E-state index is 4.95. The number of hydrogen-bond acceptors (Lipinski definition) is 3. The van der Waals surface area contributed by atoms with Gasteiger partial charge in [0.1, 0.15) is 5.65 Å². The molecule has 24 heavy (non-hydrogen) atoms. The third-order valence-electron chi connectivity index (χ3n) is 4.81. The van der Waals surface area contributed by atoms with Crippen LogP contribution in [0.3, 0.4) is 0 Å². The van der Waals surface area contributed by atoms with Crippen molar-refractivity contribution in [3.05, 3.63) is 71.2 Å². The summed E-state index contributed by atoms with van der Waals surface area (Å²) in [7, 11) is 0. The van der Waals surface area contributed by atoms with Gasteiger partial charge in [-0.1, -0.05) is 36.4 Å². The van der Waals surface area contributed by atoms with E-state index in [1.54, 1.807) is 0 Å². The lowest BCUT2D eigenvalue weighted by molar-refractivity contribution is 0.229. The Morgan fingerprint density at radius 3 is 2.58 bits per heavy atom. The van der Waals surface area contributed by atoms with Crippen molar-refractivity contribution >= 4 is 5.65 Å². The average Bonchev–Trinajstić information content (AvgIpc) is 2.95. The summed E-state index contributed by atoms with van der Waals surface area (Å²) >= 11 is 0. The molecule has 3 heterocycles. The normalized spacial score (nSPS) is 15.9. The zero-order chi connectivity index (χ0) is 16.4. The number of fused-ring (bicyclic) bond motifs is 1. The number of piperazine rings is 1. The highest BCUT2D eigenvalue weighted by atomic mass is 15.2. The van der Waals surface area contributed by atoms with E-state index in [4.69, 9.17) is 4.98 Å². The van der Waals surface area contributed by atoms with Crippen LogP contribution in [-0.4, -0.2) is 40.5 Å². The number of nitrogens with zero attached hydrogens (tertiary/aromatic N) is 3. The van der Waals surface area contributed by atoms with E-state index in [1.807, 2.05) is 0 Å². The molecule has 4 nitrogen and oxygen atoms in total. The Labute approximate surface area is 143 Å². The number of aryl methyl sites for hydroxylation is 1. The second-order valence-electron chi connectivity index (χ2n) is 6.55. The van der Waals surface area contributed by atoms with Crippen LogP contribution in [0.1, 0.15) is 22.6 Å². The molecule has 0 spiro atoms. The van der Waals surface area contributed by atoms with Crippen molar-refractivity contribution in [2.24, 2.45) is 0 Å². The molecular formula is C20H24N4. The number of imidazole rings is 1. The first-order valence-corrected chi connectivity index (χ1v) is 8.74. The summed E-state index contributed by atoms with van der Waals surface area (Å²) in [5, 5.41) is 3.43. The largest absolute Gasteiger partial charge is 0.314 e. The van der Waals surface area contributed by atoms with Gasteiger partial charge in [-0.25, -0.2) is 4.98 Å². The molecule has 0 saturated carbocycles. The molecule has 0 bridgehead atoms. The molecule has 0 unspecified atom stereocenters. The monoisotopic (exact) mass is 320 g/mol. The Balaban J connectivity index is 1.74. The van der Waals surface area contributed by atoms with Crippen LogP contribution in [0.25, 0.3) is 5.65 Å². The fourth-order valence-corrected chi connectivity index (χ4v) is 3.55. The molecule has 3 aromatic rings. The SMILES string of the molecule is Cc1cccc2nc(Cc3ccccc3)c(CN3CCNCC3)n12. The van der Waals surface area contributed by atoms with Crippen LogP contribution in [0.15, 0.2) is 48.5 Å². The van der Waals surface area contributed by atoms with E-state index in [9.17, 15) is 0 Å². The molecule has 1 aliphatic rings. The minimum atomic E-state index is 0.892. The first-order valence-electron chi connectivity index (χ1n) is 8.74. The molecule has 4 heteroatoms. The lowest BCUT2D eigenvalue weighted by Crippen LogP contribution is -2.43. The molecule has 124 valence electrons. The van der Waals surface area contributed by atoms with Gasteiger partial charge >= 0.3 is 0 Å². The van der Waals surface area contributed by atoms with E-state index in [1.165, 1.54) is 22.6 Å². The summed E-state index contributed by atoms with van der Waals surface area (Å²) in [5.74, 6) is 0.